The zero-order valence-corrected chi connectivity index (χ0v) is 13.5. The SMILES string of the molecule is Cc1ccnn1C(C)C(=O)Nc1ccn(Cc2cccc(F)c2)n1. The number of amides is 1. The van der Waals surface area contributed by atoms with E-state index in [1.54, 1.807) is 40.8 Å². The van der Waals surface area contributed by atoms with E-state index < -0.39 is 6.04 Å². The third-order valence-corrected chi connectivity index (χ3v) is 3.74. The molecule has 2 heterocycles. The van der Waals surface area contributed by atoms with Gasteiger partial charge in [0.15, 0.2) is 5.82 Å². The van der Waals surface area contributed by atoms with Crippen molar-refractivity contribution in [2.24, 2.45) is 0 Å². The molecule has 0 radical (unpaired) electrons. The minimum atomic E-state index is -0.437. The average molecular weight is 327 g/mol. The number of rotatable bonds is 5. The summed E-state index contributed by atoms with van der Waals surface area (Å²) < 4.78 is 16.5. The van der Waals surface area contributed by atoms with Crippen molar-refractivity contribution in [1.82, 2.24) is 19.6 Å². The van der Waals surface area contributed by atoms with Gasteiger partial charge in [-0.05, 0) is 37.6 Å². The van der Waals surface area contributed by atoms with Crippen molar-refractivity contribution < 1.29 is 9.18 Å². The van der Waals surface area contributed by atoms with Gasteiger partial charge in [0.2, 0.25) is 5.91 Å². The van der Waals surface area contributed by atoms with Gasteiger partial charge in [-0.1, -0.05) is 12.1 Å². The minimum Gasteiger partial charge on any atom is -0.307 e. The van der Waals surface area contributed by atoms with E-state index in [1.165, 1.54) is 12.1 Å². The van der Waals surface area contributed by atoms with Gasteiger partial charge in [-0.2, -0.15) is 10.2 Å². The molecule has 0 saturated carbocycles. The lowest BCUT2D eigenvalue weighted by atomic mass is 10.2. The molecule has 24 heavy (non-hydrogen) atoms. The van der Waals surface area contributed by atoms with Crippen LogP contribution < -0.4 is 5.32 Å². The fourth-order valence-corrected chi connectivity index (χ4v) is 2.47. The van der Waals surface area contributed by atoms with Gasteiger partial charge < -0.3 is 5.32 Å². The summed E-state index contributed by atoms with van der Waals surface area (Å²) in [5.74, 6) is -0.0255. The second-order valence-electron chi connectivity index (χ2n) is 5.61. The van der Waals surface area contributed by atoms with Crippen LogP contribution in [0.4, 0.5) is 10.2 Å². The normalized spacial score (nSPS) is 12.1. The highest BCUT2D eigenvalue weighted by Gasteiger charge is 2.17. The summed E-state index contributed by atoms with van der Waals surface area (Å²) in [6, 6.07) is 9.46. The topological polar surface area (TPSA) is 64.7 Å². The number of carbonyl (C=O) groups excluding carboxylic acids is 1. The Balaban J connectivity index is 1.65. The molecule has 0 fully saturated rings. The number of halogens is 1. The summed E-state index contributed by atoms with van der Waals surface area (Å²) in [6.45, 7) is 4.10. The summed E-state index contributed by atoms with van der Waals surface area (Å²) in [5.41, 5.74) is 1.71. The lowest BCUT2D eigenvalue weighted by Crippen LogP contribution is -2.25. The molecule has 1 unspecified atom stereocenters. The van der Waals surface area contributed by atoms with Crippen molar-refractivity contribution in [3.05, 3.63) is 65.9 Å². The molecule has 1 atom stereocenters. The van der Waals surface area contributed by atoms with Crippen LogP contribution >= 0.6 is 0 Å². The Bertz CT molecular complexity index is 854. The molecular formula is C17H18FN5O. The van der Waals surface area contributed by atoms with Crippen molar-refractivity contribution in [2.75, 3.05) is 5.32 Å². The number of benzene rings is 1. The molecule has 1 amide bonds. The monoisotopic (exact) mass is 327 g/mol. The molecule has 2 aromatic heterocycles. The van der Waals surface area contributed by atoms with Crippen molar-refractivity contribution in [2.45, 2.75) is 26.4 Å². The Hall–Kier alpha value is -2.96. The highest BCUT2D eigenvalue weighted by atomic mass is 19.1. The summed E-state index contributed by atoms with van der Waals surface area (Å²) in [6.07, 6.45) is 3.40. The number of nitrogens with one attached hydrogen (secondary N) is 1. The van der Waals surface area contributed by atoms with Gasteiger partial charge in [0.1, 0.15) is 11.9 Å². The summed E-state index contributed by atoms with van der Waals surface area (Å²) in [5, 5.41) is 11.2. The highest BCUT2D eigenvalue weighted by molar-refractivity contribution is 5.92. The van der Waals surface area contributed by atoms with Crippen LogP contribution in [-0.4, -0.2) is 25.5 Å². The standard InChI is InChI=1S/C17H18FN5O/c1-12-6-8-19-23(12)13(2)17(24)20-16-7-9-22(21-16)11-14-4-3-5-15(18)10-14/h3-10,13H,11H2,1-2H3,(H,20,21,24). The van der Waals surface area contributed by atoms with Gasteiger partial charge in [-0.3, -0.25) is 14.2 Å². The molecule has 6 nitrogen and oxygen atoms in total. The third kappa shape index (κ3) is 3.51. The van der Waals surface area contributed by atoms with E-state index in [4.69, 9.17) is 0 Å². The molecule has 0 bridgehead atoms. The molecule has 0 aliphatic heterocycles. The number of carbonyl (C=O) groups is 1. The Morgan fingerprint density at radius 2 is 2.17 bits per heavy atom. The number of nitrogens with zero attached hydrogens (tertiary/aromatic N) is 4. The van der Waals surface area contributed by atoms with Crippen LogP contribution in [0, 0.1) is 12.7 Å². The number of hydrogen-bond donors (Lipinski definition) is 1. The smallest absolute Gasteiger partial charge is 0.250 e. The van der Waals surface area contributed by atoms with Crippen LogP contribution in [0.25, 0.3) is 0 Å². The second kappa shape index (κ2) is 6.66. The van der Waals surface area contributed by atoms with E-state index in [0.29, 0.717) is 12.4 Å². The largest absolute Gasteiger partial charge is 0.307 e. The zero-order chi connectivity index (χ0) is 17.1. The number of anilines is 1. The van der Waals surface area contributed by atoms with Crippen LogP contribution in [0.2, 0.25) is 0 Å². The molecule has 3 aromatic rings. The van der Waals surface area contributed by atoms with E-state index in [9.17, 15) is 9.18 Å². The molecule has 0 aliphatic carbocycles. The highest BCUT2D eigenvalue weighted by Crippen LogP contribution is 2.12. The fraction of sp³-hybridized carbons (Fsp3) is 0.235. The first-order valence-electron chi connectivity index (χ1n) is 7.62. The van der Waals surface area contributed by atoms with Crippen LogP contribution in [0.15, 0.2) is 48.8 Å². The average Bonchev–Trinajstić information content (AvgIpc) is 3.15. The predicted molar refractivity (Wildman–Crippen MR) is 88.0 cm³/mol. The fourth-order valence-electron chi connectivity index (χ4n) is 2.47. The molecule has 1 aromatic carbocycles. The number of aromatic nitrogens is 4. The van der Waals surface area contributed by atoms with Gasteiger partial charge in [-0.25, -0.2) is 4.39 Å². The first-order chi connectivity index (χ1) is 11.5. The van der Waals surface area contributed by atoms with E-state index in [1.807, 2.05) is 19.1 Å². The van der Waals surface area contributed by atoms with Crippen molar-refractivity contribution in [3.8, 4) is 0 Å². The lowest BCUT2D eigenvalue weighted by molar-refractivity contribution is -0.119. The Morgan fingerprint density at radius 1 is 1.33 bits per heavy atom. The number of aryl methyl sites for hydroxylation is 1. The van der Waals surface area contributed by atoms with Crippen LogP contribution in [0.5, 0.6) is 0 Å². The van der Waals surface area contributed by atoms with Crippen LogP contribution in [-0.2, 0) is 11.3 Å². The third-order valence-electron chi connectivity index (χ3n) is 3.74. The molecule has 0 saturated heterocycles. The maximum absolute atomic E-state index is 13.2. The van der Waals surface area contributed by atoms with Crippen LogP contribution in [0.1, 0.15) is 24.2 Å². The lowest BCUT2D eigenvalue weighted by Gasteiger charge is -2.13. The van der Waals surface area contributed by atoms with Gasteiger partial charge in [-0.15, -0.1) is 0 Å². The maximum atomic E-state index is 13.2. The molecule has 124 valence electrons. The summed E-state index contributed by atoms with van der Waals surface area (Å²) in [7, 11) is 0. The summed E-state index contributed by atoms with van der Waals surface area (Å²) in [4.78, 5) is 12.3. The molecule has 0 aliphatic rings. The molecular weight excluding hydrogens is 309 g/mol. The Morgan fingerprint density at radius 3 is 2.88 bits per heavy atom. The van der Waals surface area contributed by atoms with E-state index in [-0.39, 0.29) is 11.7 Å². The van der Waals surface area contributed by atoms with E-state index >= 15 is 0 Å². The first-order valence-corrected chi connectivity index (χ1v) is 7.62. The van der Waals surface area contributed by atoms with Crippen molar-refractivity contribution in [3.63, 3.8) is 0 Å². The molecule has 0 spiro atoms. The molecule has 1 N–H and O–H groups in total. The van der Waals surface area contributed by atoms with Gasteiger partial charge >= 0.3 is 0 Å². The maximum Gasteiger partial charge on any atom is 0.250 e. The van der Waals surface area contributed by atoms with Crippen molar-refractivity contribution in [1.29, 1.82) is 0 Å². The zero-order valence-electron chi connectivity index (χ0n) is 13.5. The van der Waals surface area contributed by atoms with E-state index in [0.717, 1.165) is 11.3 Å². The Kier molecular flexibility index (Phi) is 4.41. The van der Waals surface area contributed by atoms with Crippen LogP contribution in [0.3, 0.4) is 0 Å². The van der Waals surface area contributed by atoms with Gasteiger partial charge in [0.25, 0.3) is 0 Å². The second-order valence-corrected chi connectivity index (χ2v) is 5.61. The number of hydrogen-bond acceptors (Lipinski definition) is 3. The minimum absolute atomic E-state index is 0.196. The van der Waals surface area contributed by atoms with E-state index in [2.05, 4.69) is 15.5 Å². The van der Waals surface area contributed by atoms with Crippen molar-refractivity contribution >= 4 is 11.7 Å². The predicted octanol–water partition coefficient (Wildman–Crippen LogP) is 2.78. The quantitative estimate of drug-likeness (QED) is 0.784. The first kappa shape index (κ1) is 15.9. The van der Waals surface area contributed by atoms with Gasteiger partial charge in [0.05, 0.1) is 6.54 Å². The van der Waals surface area contributed by atoms with Gasteiger partial charge in [0, 0.05) is 24.2 Å². The summed E-state index contributed by atoms with van der Waals surface area (Å²) >= 11 is 0. The Labute approximate surface area is 138 Å². The molecule has 7 heteroatoms. The molecule has 3 rings (SSSR count).